The number of hydrazine groups is 1. The lowest BCUT2D eigenvalue weighted by Gasteiger charge is -2.10. The van der Waals surface area contributed by atoms with E-state index in [0.717, 1.165) is 11.1 Å². The van der Waals surface area contributed by atoms with Gasteiger partial charge in [-0.25, -0.2) is 4.79 Å². The third-order valence-electron chi connectivity index (χ3n) is 3.82. The zero-order chi connectivity index (χ0) is 18.0. The number of nitrogens with one attached hydrogen (secondary N) is 2. The number of hydrogen-bond acceptors (Lipinski definition) is 4. The molecule has 3 rings (SSSR count). The van der Waals surface area contributed by atoms with Crippen LogP contribution in [0.15, 0.2) is 51.7 Å². The van der Waals surface area contributed by atoms with Gasteiger partial charge in [-0.2, -0.15) is 0 Å². The van der Waals surface area contributed by atoms with E-state index in [0.29, 0.717) is 16.7 Å². The maximum absolute atomic E-state index is 12.2. The zero-order valence-electron chi connectivity index (χ0n) is 13.8. The van der Waals surface area contributed by atoms with Crippen molar-refractivity contribution in [3.63, 3.8) is 0 Å². The minimum absolute atomic E-state index is 0.261. The molecule has 3 aromatic rings. The Kier molecular flexibility index (Phi) is 4.38. The summed E-state index contributed by atoms with van der Waals surface area (Å²) >= 11 is 0. The average molecular weight is 339 g/mol. The molecular formula is C18H17N3O4. The van der Waals surface area contributed by atoms with Gasteiger partial charge in [0.05, 0.1) is 5.52 Å². The highest BCUT2D eigenvalue weighted by Crippen LogP contribution is 2.11. The first-order valence-electron chi connectivity index (χ1n) is 7.70. The third kappa shape index (κ3) is 3.45. The van der Waals surface area contributed by atoms with Crippen LogP contribution in [0.5, 0.6) is 0 Å². The molecule has 0 aliphatic rings. The summed E-state index contributed by atoms with van der Waals surface area (Å²) < 4.78 is 6.26. The Labute approximate surface area is 143 Å². The largest absolute Gasteiger partial charge is 0.420 e. The Balaban J connectivity index is 1.67. The highest BCUT2D eigenvalue weighted by atomic mass is 16.4. The van der Waals surface area contributed by atoms with Crippen LogP contribution < -0.4 is 16.6 Å². The standard InChI is InChI=1S/C18H17N3O4/c1-11-7-8-13(12(2)9-11)17(23)20-19-16(22)10-21-14-5-3-4-6-15(14)25-18(21)24/h3-9H,10H2,1-2H3,(H,19,22)(H,20,23). The first kappa shape index (κ1) is 16.5. The number of aryl methyl sites for hydroxylation is 2. The summed E-state index contributed by atoms with van der Waals surface area (Å²) in [5, 5.41) is 0. The SMILES string of the molecule is Cc1ccc(C(=O)NNC(=O)Cn2c(=O)oc3ccccc32)c(C)c1. The maximum atomic E-state index is 12.2. The van der Waals surface area contributed by atoms with Crippen molar-refractivity contribution in [3.05, 3.63) is 69.7 Å². The van der Waals surface area contributed by atoms with Crippen LogP contribution in [-0.2, 0) is 11.3 Å². The van der Waals surface area contributed by atoms with Crippen molar-refractivity contribution in [1.82, 2.24) is 15.4 Å². The summed E-state index contributed by atoms with van der Waals surface area (Å²) in [6.07, 6.45) is 0. The average Bonchev–Trinajstić information content (AvgIpc) is 2.88. The number of aromatic nitrogens is 1. The molecular weight excluding hydrogens is 322 g/mol. The van der Waals surface area contributed by atoms with Crippen molar-refractivity contribution in [1.29, 1.82) is 0 Å². The summed E-state index contributed by atoms with van der Waals surface area (Å²) in [4.78, 5) is 36.0. The van der Waals surface area contributed by atoms with Gasteiger partial charge in [0.25, 0.3) is 11.8 Å². The van der Waals surface area contributed by atoms with Crippen molar-refractivity contribution >= 4 is 22.9 Å². The molecule has 0 saturated heterocycles. The molecule has 0 saturated carbocycles. The van der Waals surface area contributed by atoms with Crippen LogP contribution in [0.2, 0.25) is 0 Å². The Morgan fingerprint density at radius 1 is 1.08 bits per heavy atom. The quantitative estimate of drug-likeness (QED) is 0.710. The lowest BCUT2D eigenvalue weighted by Crippen LogP contribution is -2.44. The number of hydrogen-bond donors (Lipinski definition) is 2. The fourth-order valence-electron chi connectivity index (χ4n) is 2.61. The summed E-state index contributed by atoms with van der Waals surface area (Å²) in [7, 11) is 0. The highest BCUT2D eigenvalue weighted by Gasteiger charge is 2.14. The number of fused-ring (bicyclic) bond motifs is 1. The molecule has 0 spiro atoms. The van der Waals surface area contributed by atoms with Crippen LogP contribution in [0.25, 0.3) is 11.1 Å². The van der Waals surface area contributed by atoms with Crippen LogP contribution in [0.1, 0.15) is 21.5 Å². The van der Waals surface area contributed by atoms with Gasteiger partial charge >= 0.3 is 5.76 Å². The Hall–Kier alpha value is -3.35. The number of carbonyl (C=O) groups excluding carboxylic acids is 2. The molecule has 0 aliphatic carbocycles. The number of para-hydroxylation sites is 2. The molecule has 0 bridgehead atoms. The zero-order valence-corrected chi connectivity index (χ0v) is 13.8. The number of carbonyl (C=O) groups is 2. The molecule has 7 nitrogen and oxygen atoms in total. The van der Waals surface area contributed by atoms with E-state index in [4.69, 9.17) is 4.42 Å². The highest BCUT2D eigenvalue weighted by molar-refractivity contribution is 5.96. The van der Waals surface area contributed by atoms with Gasteiger partial charge in [0.1, 0.15) is 6.54 Å². The van der Waals surface area contributed by atoms with Crippen LogP contribution >= 0.6 is 0 Å². The molecule has 0 atom stereocenters. The molecule has 1 heterocycles. The van der Waals surface area contributed by atoms with E-state index in [1.807, 2.05) is 26.0 Å². The summed E-state index contributed by atoms with van der Waals surface area (Å²) in [5.74, 6) is -1.58. The van der Waals surface area contributed by atoms with Gasteiger partial charge in [0.2, 0.25) is 0 Å². The van der Waals surface area contributed by atoms with E-state index in [1.54, 1.807) is 30.3 Å². The van der Waals surface area contributed by atoms with Gasteiger partial charge in [0, 0.05) is 5.56 Å². The number of oxazole rings is 1. The Morgan fingerprint density at radius 3 is 2.60 bits per heavy atom. The second kappa shape index (κ2) is 6.64. The third-order valence-corrected chi connectivity index (χ3v) is 3.82. The van der Waals surface area contributed by atoms with Gasteiger partial charge < -0.3 is 4.42 Å². The number of nitrogens with zero attached hydrogens (tertiary/aromatic N) is 1. The normalized spacial score (nSPS) is 10.6. The van der Waals surface area contributed by atoms with Crippen LogP contribution in [-0.4, -0.2) is 16.4 Å². The molecule has 0 unspecified atom stereocenters. The maximum Gasteiger partial charge on any atom is 0.420 e. The summed E-state index contributed by atoms with van der Waals surface area (Å²) in [6.45, 7) is 3.49. The molecule has 0 radical (unpaired) electrons. The molecule has 25 heavy (non-hydrogen) atoms. The van der Waals surface area contributed by atoms with Gasteiger partial charge in [0.15, 0.2) is 5.58 Å². The van der Waals surface area contributed by atoms with E-state index in [-0.39, 0.29) is 6.54 Å². The fraction of sp³-hybridized carbons (Fsp3) is 0.167. The number of benzene rings is 2. The van der Waals surface area contributed by atoms with Crippen LogP contribution in [0.4, 0.5) is 0 Å². The molecule has 2 aromatic carbocycles. The first-order chi connectivity index (χ1) is 12.0. The molecule has 2 N–H and O–H groups in total. The van der Waals surface area contributed by atoms with E-state index in [2.05, 4.69) is 10.9 Å². The van der Waals surface area contributed by atoms with Gasteiger partial charge in [-0.05, 0) is 37.6 Å². The minimum Gasteiger partial charge on any atom is -0.408 e. The van der Waals surface area contributed by atoms with E-state index in [9.17, 15) is 14.4 Å². The van der Waals surface area contributed by atoms with Crippen LogP contribution in [0.3, 0.4) is 0 Å². The van der Waals surface area contributed by atoms with Gasteiger partial charge in [-0.3, -0.25) is 25.0 Å². The molecule has 128 valence electrons. The summed E-state index contributed by atoms with van der Waals surface area (Å²) in [6, 6.07) is 12.2. The second-order valence-electron chi connectivity index (χ2n) is 5.74. The predicted octanol–water partition coefficient (Wildman–Crippen LogP) is 1.67. The molecule has 7 heteroatoms. The fourth-order valence-corrected chi connectivity index (χ4v) is 2.61. The van der Waals surface area contributed by atoms with Crippen molar-refractivity contribution in [3.8, 4) is 0 Å². The first-order valence-corrected chi connectivity index (χ1v) is 7.70. The van der Waals surface area contributed by atoms with Gasteiger partial charge in [-0.1, -0.05) is 29.8 Å². The lowest BCUT2D eigenvalue weighted by atomic mass is 10.1. The Bertz CT molecular complexity index is 1020. The molecule has 1 aromatic heterocycles. The topological polar surface area (TPSA) is 93.3 Å². The van der Waals surface area contributed by atoms with Crippen LogP contribution in [0, 0.1) is 13.8 Å². The van der Waals surface area contributed by atoms with E-state index >= 15 is 0 Å². The molecule has 2 amide bonds. The van der Waals surface area contributed by atoms with Crippen molar-refractivity contribution in [2.24, 2.45) is 0 Å². The molecule has 0 aliphatic heterocycles. The lowest BCUT2D eigenvalue weighted by molar-refractivity contribution is -0.122. The van der Waals surface area contributed by atoms with Crippen molar-refractivity contribution in [2.45, 2.75) is 20.4 Å². The smallest absolute Gasteiger partial charge is 0.408 e. The van der Waals surface area contributed by atoms with Crippen molar-refractivity contribution in [2.75, 3.05) is 0 Å². The number of amides is 2. The summed E-state index contributed by atoms with van der Waals surface area (Å²) in [5.41, 5.74) is 7.91. The second-order valence-corrected chi connectivity index (χ2v) is 5.74. The number of rotatable bonds is 3. The van der Waals surface area contributed by atoms with E-state index in [1.165, 1.54) is 4.57 Å². The van der Waals surface area contributed by atoms with Gasteiger partial charge in [-0.15, -0.1) is 0 Å². The molecule has 0 fully saturated rings. The minimum atomic E-state index is -0.628. The predicted molar refractivity (Wildman–Crippen MR) is 92.0 cm³/mol. The van der Waals surface area contributed by atoms with E-state index < -0.39 is 17.6 Å². The van der Waals surface area contributed by atoms with Crippen molar-refractivity contribution < 1.29 is 14.0 Å². The Morgan fingerprint density at radius 2 is 1.84 bits per heavy atom. The monoisotopic (exact) mass is 339 g/mol.